The summed E-state index contributed by atoms with van der Waals surface area (Å²) in [4.78, 5) is 0. The SMILES string of the molecule is Nc1ccccc1Oc1ccc2c(c1)CC(c1ccccc1)C2.Nc1ccccc1Oc1ccc2c(c1)CC(c1ccccc1)C2. The van der Waals surface area contributed by atoms with Gasteiger partial charge in [0.25, 0.3) is 0 Å². The van der Waals surface area contributed by atoms with Crippen LogP contribution in [0.5, 0.6) is 23.0 Å². The molecule has 228 valence electrons. The molecule has 0 amide bonds. The second-order valence-corrected chi connectivity index (χ2v) is 12.2. The summed E-state index contributed by atoms with van der Waals surface area (Å²) in [6, 6.07) is 49.5. The Kier molecular flexibility index (Phi) is 8.42. The van der Waals surface area contributed by atoms with Gasteiger partial charge >= 0.3 is 0 Å². The molecule has 2 atom stereocenters. The highest BCUT2D eigenvalue weighted by atomic mass is 16.5. The summed E-state index contributed by atoms with van der Waals surface area (Å²) in [6.45, 7) is 0. The van der Waals surface area contributed by atoms with Crippen molar-refractivity contribution in [2.24, 2.45) is 0 Å². The van der Waals surface area contributed by atoms with E-state index in [1.165, 1.54) is 33.4 Å². The molecule has 6 aromatic rings. The van der Waals surface area contributed by atoms with Crippen LogP contribution in [0, 0.1) is 0 Å². The Hall–Kier alpha value is -5.48. The molecule has 4 heteroatoms. The van der Waals surface area contributed by atoms with Crippen molar-refractivity contribution in [3.05, 3.63) is 179 Å². The highest BCUT2D eigenvalue weighted by molar-refractivity contribution is 5.55. The van der Waals surface area contributed by atoms with Gasteiger partial charge in [0.2, 0.25) is 0 Å². The summed E-state index contributed by atoms with van der Waals surface area (Å²) < 4.78 is 11.9. The van der Waals surface area contributed by atoms with Gasteiger partial charge in [-0.05, 0) is 119 Å². The number of hydrogen-bond donors (Lipinski definition) is 2. The van der Waals surface area contributed by atoms with Gasteiger partial charge in [0.05, 0.1) is 11.4 Å². The van der Waals surface area contributed by atoms with Crippen molar-refractivity contribution in [3.8, 4) is 23.0 Å². The molecule has 46 heavy (non-hydrogen) atoms. The molecule has 2 aliphatic rings. The lowest BCUT2D eigenvalue weighted by molar-refractivity contribution is 0.484. The molecular weight excluding hydrogens is 564 g/mol. The molecule has 4 N–H and O–H groups in total. The number of para-hydroxylation sites is 4. The summed E-state index contributed by atoms with van der Waals surface area (Å²) in [5.41, 5.74) is 21.7. The summed E-state index contributed by atoms with van der Waals surface area (Å²) in [5.74, 6) is 4.28. The van der Waals surface area contributed by atoms with Gasteiger partial charge in [0.1, 0.15) is 23.0 Å². The monoisotopic (exact) mass is 602 g/mol. The van der Waals surface area contributed by atoms with Crippen LogP contribution in [0.4, 0.5) is 11.4 Å². The second-order valence-electron chi connectivity index (χ2n) is 12.2. The van der Waals surface area contributed by atoms with Crippen LogP contribution in [0.3, 0.4) is 0 Å². The standard InChI is InChI=1S/2C21H19NO/c2*22-20-8-4-5-9-21(20)23-19-11-10-16-12-17(13-18(16)14-19)15-6-2-1-3-7-15/h2*1-11,14,17H,12-13,22H2. The Morgan fingerprint density at radius 3 is 1.17 bits per heavy atom. The fourth-order valence-electron chi connectivity index (χ4n) is 6.64. The molecule has 0 aliphatic heterocycles. The van der Waals surface area contributed by atoms with E-state index in [9.17, 15) is 0 Å². The third kappa shape index (κ3) is 6.62. The maximum atomic E-state index is 5.95. The van der Waals surface area contributed by atoms with Crippen molar-refractivity contribution in [2.75, 3.05) is 11.5 Å². The van der Waals surface area contributed by atoms with E-state index in [1.54, 1.807) is 0 Å². The predicted molar refractivity (Wildman–Crippen MR) is 188 cm³/mol. The fraction of sp³-hybridized carbons (Fsp3) is 0.143. The normalized spacial score (nSPS) is 16.1. The summed E-state index contributed by atoms with van der Waals surface area (Å²) in [5, 5.41) is 0. The molecule has 0 spiro atoms. The molecule has 0 aromatic heterocycles. The minimum atomic E-state index is 0.572. The number of ether oxygens (including phenoxy) is 2. The zero-order valence-electron chi connectivity index (χ0n) is 25.8. The zero-order valence-corrected chi connectivity index (χ0v) is 25.8. The maximum Gasteiger partial charge on any atom is 0.150 e. The molecule has 0 saturated carbocycles. The summed E-state index contributed by atoms with van der Waals surface area (Å²) in [7, 11) is 0. The van der Waals surface area contributed by atoms with E-state index in [0.717, 1.165) is 37.2 Å². The summed E-state index contributed by atoms with van der Waals surface area (Å²) in [6.07, 6.45) is 4.35. The lowest BCUT2D eigenvalue weighted by atomic mass is 9.96. The van der Waals surface area contributed by atoms with Gasteiger partial charge in [-0.25, -0.2) is 0 Å². The molecule has 0 radical (unpaired) electrons. The highest BCUT2D eigenvalue weighted by Crippen LogP contribution is 2.38. The van der Waals surface area contributed by atoms with Crippen LogP contribution >= 0.6 is 0 Å². The van der Waals surface area contributed by atoms with E-state index >= 15 is 0 Å². The zero-order chi connectivity index (χ0) is 31.3. The number of hydrogen-bond acceptors (Lipinski definition) is 4. The highest BCUT2D eigenvalue weighted by Gasteiger charge is 2.24. The number of anilines is 2. The predicted octanol–water partition coefficient (Wildman–Crippen LogP) is 9.89. The van der Waals surface area contributed by atoms with Crippen molar-refractivity contribution >= 4 is 11.4 Å². The van der Waals surface area contributed by atoms with Gasteiger partial charge in [-0.3, -0.25) is 0 Å². The van der Waals surface area contributed by atoms with Crippen LogP contribution in [-0.2, 0) is 25.7 Å². The van der Waals surface area contributed by atoms with Crippen LogP contribution in [0.1, 0.15) is 45.2 Å². The minimum absolute atomic E-state index is 0.572. The quantitative estimate of drug-likeness (QED) is 0.186. The van der Waals surface area contributed by atoms with E-state index < -0.39 is 0 Å². The first-order valence-corrected chi connectivity index (χ1v) is 16.0. The molecule has 0 saturated heterocycles. The van der Waals surface area contributed by atoms with Gasteiger partial charge in [0, 0.05) is 0 Å². The second kappa shape index (κ2) is 13.3. The molecule has 2 aliphatic carbocycles. The molecule has 0 fully saturated rings. The lowest BCUT2D eigenvalue weighted by Crippen LogP contribution is -1.96. The van der Waals surface area contributed by atoms with E-state index in [4.69, 9.17) is 20.9 Å². The number of nitrogens with two attached hydrogens (primary N) is 2. The van der Waals surface area contributed by atoms with Crippen molar-refractivity contribution in [1.82, 2.24) is 0 Å². The number of benzene rings is 6. The molecule has 2 unspecified atom stereocenters. The Bertz CT molecular complexity index is 1800. The fourth-order valence-corrected chi connectivity index (χ4v) is 6.64. The Morgan fingerprint density at radius 1 is 0.391 bits per heavy atom. The van der Waals surface area contributed by atoms with Crippen LogP contribution < -0.4 is 20.9 Å². The van der Waals surface area contributed by atoms with Crippen molar-refractivity contribution in [3.63, 3.8) is 0 Å². The van der Waals surface area contributed by atoms with Gasteiger partial charge < -0.3 is 20.9 Å². The molecule has 0 heterocycles. The Balaban J connectivity index is 0.000000147. The van der Waals surface area contributed by atoms with Crippen LogP contribution in [0.25, 0.3) is 0 Å². The number of rotatable bonds is 6. The molecule has 4 nitrogen and oxygen atoms in total. The number of nitrogen functional groups attached to an aromatic ring is 2. The maximum absolute atomic E-state index is 5.95. The molecular formula is C42H38N2O2. The Labute approximate surface area is 271 Å². The van der Waals surface area contributed by atoms with Crippen LogP contribution in [0.15, 0.2) is 146 Å². The minimum Gasteiger partial charge on any atom is -0.455 e. The van der Waals surface area contributed by atoms with Crippen molar-refractivity contribution in [2.45, 2.75) is 37.5 Å². The lowest BCUT2D eigenvalue weighted by Gasteiger charge is -2.09. The van der Waals surface area contributed by atoms with Crippen LogP contribution in [-0.4, -0.2) is 0 Å². The van der Waals surface area contributed by atoms with Gasteiger partial charge in [-0.15, -0.1) is 0 Å². The van der Waals surface area contributed by atoms with E-state index in [-0.39, 0.29) is 0 Å². The van der Waals surface area contributed by atoms with Crippen molar-refractivity contribution in [1.29, 1.82) is 0 Å². The molecule has 0 bridgehead atoms. The van der Waals surface area contributed by atoms with Gasteiger partial charge in [0.15, 0.2) is 0 Å². The van der Waals surface area contributed by atoms with Gasteiger partial charge in [-0.2, -0.15) is 0 Å². The van der Waals surface area contributed by atoms with Gasteiger partial charge in [-0.1, -0.05) is 97.1 Å². The van der Waals surface area contributed by atoms with E-state index in [1.807, 2.05) is 60.7 Å². The van der Waals surface area contributed by atoms with E-state index in [0.29, 0.717) is 34.7 Å². The molecule has 6 aromatic carbocycles. The summed E-state index contributed by atoms with van der Waals surface area (Å²) >= 11 is 0. The van der Waals surface area contributed by atoms with Crippen LogP contribution in [0.2, 0.25) is 0 Å². The average molecular weight is 603 g/mol. The third-order valence-electron chi connectivity index (χ3n) is 9.06. The van der Waals surface area contributed by atoms with Crippen molar-refractivity contribution < 1.29 is 9.47 Å². The Morgan fingerprint density at radius 2 is 0.761 bits per heavy atom. The largest absolute Gasteiger partial charge is 0.455 e. The smallest absolute Gasteiger partial charge is 0.150 e. The first-order valence-electron chi connectivity index (χ1n) is 16.0. The number of fused-ring (bicyclic) bond motifs is 2. The average Bonchev–Trinajstić information content (AvgIpc) is 3.72. The molecule has 8 rings (SSSR count). The topological polar surface area (TPSA) is 70.5 Å². The third-order valence-corrected chi connectivity index (χ3v) is 9.06. The van der Waals surface area contributed by atoms with E-state index in [2.05, 4.69) is 84.9 Å². The first-order chi connectivity index (χ1) is 22.6. The first kappa shape index (κ1) is 29.2.